The van der Waals surface area contributed by atoms with Gasteiger partial charge in [0.1, 0.15) is 5.75 Å². The van der Waals surface area contributed by atoms with Crippen LogP contribution in [0.1, 0.15) is 34.1 Å². The van der Waals surface area contributed by atoms with E-state index in [0.717, 1.165) is 38.3 Å². The minimum absolute atomic E-state index is 0.0553. The van der Waals surface area contributed by atoms with Gasteiger partial charge in [0.05, 0.1) is 6.10 Å². The molecule has 0 aromatic heterocycles. The molecule has 128 valence electrons. The lowest BCUT2D eigenvalue weighted by Gasteiger charge is -2.36. The lowest BCUT2D eigenvalue weighted by atomic mass is 10.2. The van der Waals surface area contributed by atoms with Crippen LogP contribution in [-0.4, -0.2) is 49.3 Å². The van der Waals surface area contributed by atoms with Crippen molar-refractivity contribution in [3.63, 3.8) is 0 Å². The van der Waals surface area contributed by atoms with Crippen molar-refractivity contribution in [2.75, 3.05) is 31.1 Å². The molecule has 0 saturated carbocycles. The van der Waals surface area contributed by atoms with E-state index in [2.05, 4.69) is 29.3 Å². The zero-order valence-corrected chi connectivity index (χ0v) is 14.7. The van der Waals surface area contributed by atoms with E-state index in [1.165, 1.54) is 5.69 Å². The van der Waals surface area contributed by atoms with E-state index in [9.17, 15) is 4.79 Å². The number of hydrogen-bond acceptors (Lipinski definition) is 3. The van der Waals surface area contributed by atoms with Crippen molar-refractivity contribution in [2.24, 2.45) is 0 Å². The zero-order valence-electron chi connectivity index (χ0n) is 14.7. The molecule has 1 aliphatic rings. The average Bonchev–Trinajstić information content (AvgIpc) is 2.55. The summed E-state index contributed by atoms with van der Waals surface area (Å²) in [7, 11) is 0. The van der Waals surface area contributed by atoms with Gasteiger partial charge in [-0.1, -0.05) is 6.92 Å². The number of carbonyl (C=O) groups is 1. The van der Waals surface area contributed by atoms with Gasteiger partial charge >= 0.3 is 6.03 Å². The molecule has 0 bridgehead atoms. The van der Waals surface area contributed by atoms with Gasteiger partial charge in [0.25, 0.3) is 0 Å². The van der Waals surface area contributed by atoms with Crippen molar-refractivity contribution in [3.05, 3.63) is 24.3 Å². The summed E-state index contributed by atoms with van der Waals surface area (Å²) in [6.45, 7) is 11.4. The number of nitrogens with one attached hydrogen (secondary N) is 1. The molecule has 1 atom stereocenters. The Morgan fingerprint density at radius 3 is 2.26 bits per heavy atom. The van der Waals surface area contributed by atoms with Crippen LogP contribution in [0.3, 0.4) is 0 Å². The van der Waals surface area contributed by atoms with Gasteiger partial charge in [0.15, 0.2) is 0 Å². The molecule has 1 aromatic carbocycles. The molecular weight excluding hydrogens is 290 g/mol. The van der Waals surface area contributed by atoms with Crippen LogP contribution in [0.2, 0.25) is 0 Å². The van der Waals surface area contributed by atoms with Crippen LogP contribution in [0.25, 0.3) is 0 Å². The van der Waals surface area contributed by atoms with E-state index in [0.29, 0.717) is 0 Å². The van der Waals surface area contributed by atoms with E-state index < -0.39 is 0 Å². The minimum Gasteiger partial charge on any atom is -0.491 e. The number of amides is 2. The van der Waals surface area contributed by atoms with Crippen molar-refractivity contribution in [2.45, 2.75) is 46.3 Å². The maximum absolute atomic E-state index is 12.1. The van der Waals surface area contributed by atoms with Crippen LogP contribution in [0, 0.1) is 0 Å². The SMILES string of the molecule is CCC(C)NC(=O)N1CCN(c2ccc(OC(C)C)cc2)CC1. The molecular formula is C18H29N3O2. The Balaban J connectivity index is 1.85. The smallest absolute Gasteiger partial charge is 0.317 e. The fourth-order valence-corrected chi connectivity index (χ4v) is 2.58. The first-order chi connectivity index (χ1) is 11.0. The zero-order chi connectivity index (χ0) is 16.8. The molecule has 2 rings (SSSR count). The number of anilines is 1. The first-order valence-electron chi connectivity index (χ1n) is 8.56. The molecule has 5 heteroatoms. The second-order valence-corrected chi connectivity index (χ2v) is 6.39. The van der Waals surface area contributed by atoms with Gasteiger partial charge in [-0.05, 0) is 51.5 Å². The van der Waals surface area contributed by atoms with E-state index >= 15 is 0 Å². The van der Waals surface area contributed by atoms with Gasteiger partial charge < -0.3 is 19.9 Å². The summed E-state index contributed by atoms with van der Waals surface area (Å²) in [6.07, 6.45) is 1.14. The highest BCUT2D eigenvalue weighted by molar-refractivity contribution is 5.74. The molecule has 1 unspecified atom stereocenters. The van der Waals surface area contributed by atoms with Gasteiger partial charge in [-0.15, -0.1) is 0 Å². The maximum Gasteiger partial charge on any atom is 0.317 e. The number of nitrogens with zero attached hydrogens (tertiary/aromatic N) is 2. The first kappa shape index (κ1) is 17.4. The Hall–Kier alpha value is -1.91. The van der Waals surface area contributed by atoms with Gasteiger partial charge in [-0.25, -0.2) is 4.79 Å². The quantitative estimate of drug-likeness (QED) is 0.907. The standard InChI is InChI=1S/C18H29N3O2/c1-5-15(4)19-18(22)21-12-10-20(11-13-21)16-6-8-17(9-7-16)23-14(2)3/h6-9,14-15H,5,10-13H2,1-4H3,(H,19,22). The van der Waals surface area contributed by atoms with Crippen molar-refractivity contribution >= 4 is 11.7 Å². The van der Waals surface area contributed by atoms with Gasteiger partial charge in [0, 0.05) is 37.9 Å². The summed E-state index contributed by atoms with van der Waals surface area (Å²) < 4.78 is 5.67. The lowest BCUT2D eigenvalue weighted by Crippen LogP contribution is -2.53. The summed E-state index contributed by atoms with van der Waals surface area (Å²) in [5.41, 5.74) is 1.18. The Bertz CT molecular complexity index is 493. The topological polar surface area (TPSA) is 44.8 Å². The number of carbonyl (C=O) groups excluding carboxylic acids is 1. The molecule has 1 fully saturated rings. The molecule has 0 spiro atoms. The first-order valence-corrected chi connectivity index (χ1v) is 8.56. The van der Waals surface area contributed by atoms with Crippen molar-refractivity contribution in [1.29, 1.82) is 0 Å². The van der Waals surface area contributed by atoms with Crippen LogP contribution in [0.5, 0.6) is 5.75 Å². The second kappa shape index (κ2) is 8.09. The average molecular weight is 319 g/mol. The second-order valence-electron chi connectivity index (χ2n) is 6.39. The number of rotatable bonds is 5. The van der Waals surface area contributed by atoms with E-state index in [4.69, 9.17) is 4.74 Å². The summed E-state index contributed by atoms with van der Waals surface area (Å²) in [5, 5.41) is 3.03. The fraction of sp³-hybridized carbons (Fsp3) is 0.611. The summed E-state index contributed by atoms with van der Waals surface area (Å²) in [4.78, 5) is 16.4. The highest BCUT2D eigenvalue weighted by atomic mass is 16.5. The molecule has 5 nitrogen and oxygen atoms in total. The maximum atomic E-state index is 12.1. The van der Waals surface area contributed by atoms with Crippen molar-refractivity contribution in [3.8, 4) is 5.75 Å². The van der Waals surface area contributed by atoms with Crippen LogP contribution in [0.4, 0.5) is 10.5 Å². The third-order valence-corrected chi connectivity index (χ3v) is 4.12. The number of urea groups is 1. The number of hydrogen-bond donors (Lipinski definition) is 1. The van der Waals surface area contributed by atoms with Crippen LogP contribution >= 0.6 is 0 Å². The third kappa shape index (κ3) is 5.05. The third-order valence-electron chi connectivity index (χ3n) is 4.12. The van der Waals surface area contributed by atoms with Crippen LogP contribution in [-0.2, 0) is 0 Å². The summed E-state index contributed by atoms with van der Waals surface area (Å²) in [5.74, 6) is 0.898. The number of ether oxygens (including phenoxy) is 1. The Labute approximate surface area is 139 Å². The molecule has 1 heterocycles. The predicted octanol–water partition coefficient (Wildman–Crippen LogP) is 3.10. The van der Waals surface area contributed by atoms with E-state index in [1.807, 2.05) is 37.8 Å². The lowest BCUT2D eigenvalue weighted by molar-refractivity contribution is 0.191. The van der Waals surface area contributed by atoms with Crippen LogP contribution < -0.4 is 15.0 Å². The van der Waals surface area contributed by atoms with Crippen molar-refractivity contribution in [1.82, 2.24) is 10.2 Å². The summed E-state index contributed by atoms with van der Waals surface area (Å²) >= 11 is 0. The highest BCUT2D eigenvalue weighted by Crippen LogP contribution is 2.21. The predicted molar refractivity (Wildman–Crippen MR) is 94.3 cm³/mol. The fourth-order valence-electron chi connectivity index (χ4n) is 2.58. The van der Waals surface area contributed by atoms with E-state index in [-0.39, 0.29) is 18.2 Å². The monoisotopic (exact) mass is 319 g/mol. The molecule has 1 aromatic rings. The minimum atomic E-state index is 0.0553. The normalized spacial score (nSPS) is 16.4. The van der Waals surface area contributed by atoms with Crippen LogP contribution in [0.15, 0.2) is 24.3 Å². The molecule has 1 aliphatic heterocycles. The highest BCUT2D eigenvalue weighted by Gasteiger charge is 2.21. The molecule has 1 N–H and O–H groups in total. The molecule has 23 heavy (non-hydrogen) atoms. The van der Waals surface area contributed by atoms with E-state index in [1.54, 1.807) is 0 Å². The Morgan fingerprint density at radius 2 is 1.74 bits per heavy atom. The summed E-state index contributed by atoms with van der Waals surface area (Å²) in [6, 6.07) is 8.49. The molecule has 2 amide bonds. The van der Waals surface area contributed by atoms with Crippen molar-refractivity contribution < 1.29 is 9.53 Å². The Morgan fingerprint density at radius 1 is 1.13 bits per heavy atom. The Kier molecular flexibility index (Phi) is 6.13. The largest absolute Gasteiger partial charge is 0.491 e. The molecule has 0 radical (unpaired) electrons. The number of piperazine rings is 1. The molecule has 1 saturated heterocycles. The van der Waals surface area contributed by atoms with Gasteiger partial charge in [-0.3, -0.25) is 0 Å². The van der Waals surface area contributed by atoms with Gasteiger partial charge in [-0.2, -0.15) is 0 Å². The molecule has 0 aliphatic carbocycles. The van der Waals surface area contributed by atoms with Gasteiger partial charge in [0.2, 0.25) is 0 Å². The number of benzene rings is 1.